The van der Waals surface area contributed by atoms with Gasteiger partial charge in [-0.15, -0.1) is 0 Å². The molecule has 0 aliphatic carbocycles. The van der Waals surface area contributed by atoms with E-state index in [2.05, 4.69) is 0 Å². The fourth-order valence-corrected chi connectivity index (χ4v) is 2.53. The van der Waals surface area contributed by atoms with Crippen molar-refractivity contribution in [3.8, 4) is 0 Å². The molecule has 0 aliphatic rings. The maximum absolute atomic E-state index is 13.6. The summed E-state index contributed by atoms with van der Waals surface area (Å²) in [5.41, 5.74) is 5.10. The standard InChI is InChI=1S/C10H11F5N2O2S/c1-5-2-6(16)3-7(8(5)11)20(18,19)17-4-10(14,15)9(12)13/h2-3,9,17H,4,16H2,1H3. The number of rotatable bonds is 5. The first-order valence-electron chi connectivity index (χ1n) is 5.18. The molecule has 0 saturated carbocycles. The van der Waals surface area contributed by atoms with Gasteiger partial charge in [0.15, 0.2) is 0 Å². The molecular formula is C10H11F5N2O2S. The summed E-state index contributed by atoms with van der Waals surface area (Å²) in [7, 11) is -4.72. The van der Waals surface area contributed by atoms with Gasteiger partial charge in [0.2, 0.25) is 10.0 Å². The normalized spacial score (nSPS) is 12.9. The summed E-state index contributed by atoms with van der Waals surface area (Å²) >= 11 is 0. The van der Waals surface area contributed by atoms with Crippen molar-refractivity contribution in [1.29, 1.82) is 0 Å². The third kappa shape index (κ3) is 3.57. The smallest absolute Gasteiger partial charge is 0.320 e. The number of nitrogens with one attached hydrogen (secondary N) is 1. The van der Waals surface area contributed by atoms with Crippen molar-refractivity contribution in [2.45, 2.75) is 24.2 Å². The molecular weight excluding hydrogens is 307 g/mol. The van der Waals surface area contributed by atoms with Crippen LogP contribution in [0, 0.1) is 12.7 Å². The van der Waals surface area contributed by atoms with Gasteiger partial charge in [-0.25, -0.2) is 26.3 Å². The molecule has 1 rings (SSSR count). The van der Waals surface area contributed by atoms with Gasteiger partial charge in [-0.05, 0) is 24.6 Å². The van der Waals surface area contributed by atoms with Crippen molar-refractivity contribution in [3.63, 3.8) is 0 Å². The van der Waals surface area contributed by atoms with Gasteiger partial charge in [-0.2, -0.15) is 8.78 Å². The topological polar surface area (TPSA) is 72.2 Å². The summed E-state index contributed by atoms with van der Waals surface area (Å²) in [5, 5.41) is 0. The molecule has 0 saturated heterocycles. The molecule has 0 aromatic heterocycles. The molecule has 4 nitrogen and oxygen atoms in total. The highest BCUT2D eigenvalue weighted by Crippen LogP contribution is 2.24. The summed E-state index contributed by atoms with van der Waals surface area (Å²) in [6, 6.07) is 1.85. The lowest BCUT2D eigenvalue weighted by Gasteiger charge is -2.16. The van der Waals surface area contributed by atoms with Gasteiger partial charge >= 0.3 is 12.3 Å². The van der Waals surface area contributed by atoms with Gasteiger partial charge < -0.3 is 5.73 Å². The molecule has 0 heterocycles. The van der Waals surface area contributed by atoms with Gasteiger partial charge in [0.05, 0.1) is 6.54 Å². The van der Waals surface area contributed by atoms with Crippen molar-refractivity contribution >= 4 is 15.7 Å². The van der Waals surface area contributed by atoms with Crippen molar-refractivity contribution in [2.24, 2.45) is 0 Å². The van der Waals surface area contributed by atoms with E-state index in [1.165, 1.54) is 11.6 Å². The average molecular weight is 318 g/mol. The molecule has 0 unspecified atom stereocenters. The molecule has 0 radical (unpaired) electrons. The van der Waals surface area contributed by atoms with Crippen LogP contribution in [0.1, 0.15) is 5.56 Å². The van der Waals surface area contributed by atoms with Crippen LogP contribution in [0.4, 0.5) is 27.6 Å². The van der Waals surface area contributed by atoms with Crippen molar-refractivity contribution < 1.29 is 30.4 Å². The monoisotopic (exact) mass is 318 g/mol. The Balaban J connectivity index is 3.07. The molecule has 0 aliphatic heterocycles. The maximum atomic E-state index is 13.6. The number of halogens is 5. The number of hydrogen-bond donors (Lipinski definition) is 2. The van der Waals surface area contributed by atoms with Crippen LogP contribution in [0.15, 0.2) is 17.0 Å². The Kier molecular flexibility index (Phi) is 4.59. The Hall–Kier alpha value is -1.42. The van der Waals surface area contributed by atoms with E-state index in [0.29, 0.717) is 6.07 Å². The third-order valence-corrected chi connectivity index (χ3v) is 3.75. The molecule has 0 fully saturated rings. The first-order valence-corrected chi connectivity index (χ1v) is 6.67. The van der Waals surface area contributed by atoms with Gasteiger partial charge in [0.25, 0.3) is 0 Å². The molecule has 0 bridgehead atoms. The number of alkyl halides is 4. The zero-order valence-corrected chi connectivity index (χ0v) is 10.9. The summed E-state index contributed by atoms with van der Waals surface area (Å²) in [4.78, 5) is -0.972. The molecule has 0 spiro atoms. The van der Waals surface area contributed by atoms with E-state index in [9.17, 15) is 30.4 Å². The second-order valence-electron chi connectivity index (χ2n) is 4.04. The summed E-state index contributed by atoms with van der Waals surface area (Å²) in [6.45, 7) is -0.626. The Morgan fingerprint density at radius 1 is 1.35 bits per heavy atom. The number of nitrogens with two attached hydrogens (primary N) is 1. The summed E-state index contributed by atoms with van der Waals surface area (Å²) < 4.78 is 87.3. The van der Waals surface area contributed by atoms with Crippen LogP contribution in [0.5, 0.6) is 0 Å². The molecule has 0 atom stereocenters. The minimum absolute atomic E-state index is 0.107. The number of hydrogen-bond acceptors (Lipinski definition) is 3. The molecule has 0 amide bonds. The fraction of sp³-hybridized carbons (Fsp3) is 0.400. The number of nitrogen functional groups attached to an aromatic ring is 1. The highest BCUT2D eigenvalue weighted by atomic mass is 32.2. The largest absolute Gasteiger partial charge is 0.399 e. The number of anilines is 1. The van der Waals surface area contributed by atoms with Crippen molar-refractivity contribution in [3.05, 3.63) is 23.5 Å². The second-order valence-corrected chi connectivity index (χ2v) is 5.77. The molecule has 3 N–H and O–H groups in total. The molecule has 1 aromatic rings. The predicted molar refractivity (Wildman–Crippen MR) is 61.7 cm³/mol. The van der Waals surface area contributed by atoms with Crippen LogP contribution < -0.4 is 10.5 Å². The van der Waals surface area contributed by atoms with Gasteiger partial charge in [-0.3, -0.25) is 0 Å². The van der Waals surface area contributed by atoms with E-state index in [-0.39, 0.29) is 11.3 Å². The van der Waals surface area contributed by atoms with Gasteiger partial charge in [0.1, 0.15) is 10.7 Å². The summed E-state index contributed by atoms with van der Waals surface area (Å²) in [6.07, 6.45) is -4.04. The van der Waals surface area contributed by atoms with Crippen LogP contribution in [0.2, 0.25) is 0 Å². The fourth-order valence-electron chi connectivity index (χ4n) is 1.31. The molecule has 20 heavy (non-hydrogen) atoms. The van der Waals surface area contributed by atoms with Crippen LogP contribution in [0.25, 0.3) is 0 Å². The number of aryl methyl sites for hydroxylation is 1. The number of sulfonamides is 1. The number of benzene rings is 1. The van der Waals surface area contributed by atoms with Crippen LogP contribution in [-0.4, -0.2) is 27.3 Å². The average Bonchev–Trinajstić information content (AvgIpc) is 2.31. The zero-order chi connectivity index (χ0) is 15.7. The van der Waals surface area contributed by atoms with E-state index < -0.39 is 39.6 Å². The first-order chi connectivity index (χ1) is 8.97. The lowest BCUT2D eigenvalue weighted by atomic mass is 10.2. The minimum Gasteiger partial charge on any atom is -0.399 e. The van der Waals surface area contributed by atoms with Crippen LogP contribution in [0.3, 0.4) is 0 Å². The summed E-state index contributed by atoms with van der Waals surface area (Å²) in [5.74, 6) is -5.74. The quantitative estimate of drug-likeness (QED) is 0.643. The lowest BCUT2D eigenvalue weighted by molar-refractivity contribution is -0.122. The van der Waals surface area contributed by atoms with Crippen molar-refractivity contribution in [1.82, 2.24) is 4.72 Å². The minimum atomic E-state index is -4.72. The van der Waals surface area contributed by atoms with E-state index in [1.54, 1.807) is 0 Å². The van der Waals surface area contributed by atoms with Gasteiger partial charge in [0, 0.05) is 5.69 Å². The highest BCUT2D eigenvalue weighted by molar-refractivity contribution is 7.89. The Bertz CT molecular complexity index is 604. The van der Waals surface area contributed by atoms with E-state index >= 15 is 0 Å². The third-order valence-electron chi connectivity index (χ3n) is 2.35. The van der Waals surface area contributed by atoms with E-state index in [0.717, 1.165) is 6.07 Å². The Morgan fingerprint density at radius 3 is 2.40 bits per heavy atom. The zero-order valence-electron chi connectivity index (χ0n) is 10.1. The molecule has 10 heteroatoms. The SMILES string of the molecule is Cc1cc(N)cc(S(=O)(=O)NCC(F)(F)C(F)F)c1F. The second kappa shape index (κ2) is 5.52. The Labute approximate surface area is 111 Å². The van der Waals surface area contributed by atoms with Crippen molar-refractivity contribution in [2.75, 3.05) is 12.3 Å². The van der Waals surface area contributed by atoms with Gasteiger partial charge in [-0.1, -0.05) is 0 Å². The molecule has 114 valence electrons. The Morgan fingerprint density at radius 2 is 1.90 bits per heavy atom. The van der Waals surface area contributed by atoms with Crippen LogP contribution in [-0.2, 0) is 10.0 Å². The molecule has 1 aromatic carbocycles. The maximum Gasteiger partial charge on any atom is 0.320 e. The first kappa shape index (κ1) is 16.6. The highest BCUT2D eigenvalue weighted by Gasteiger charge is 2.41. The lowest BCUT2D eigenvalue weighted by Crippen LogP contribution is -2.41. The van der Waals surface area contributed by atoms with Crippen LogP contribution >= 0.6 is 0 Å². The predicted octanol–water partition coefficient (Wildman–Crippen LogP) is 1.90. The van der Waals surface area contributed by atoms with E-state index in [1.807, 2.05) is 0 Å². The van der Waals surface area contributed by atoms with E-state index in [4.69, 9.17) is 5.73 Å².